The van der Waals surface area contributed by atoms with Crippen LogP contribution in [0.2, 0.25) is 0 Å². The van der Waals surface area contributed by atoms with Crippen molar-refractivity contribution < 1.29 is 19.1 Å². The van der Waals surface area contributed by atoms with Gasteiger partial charge in [0.2, 0.25) is 0 Å². The molecule has 0 spiro atoms. The number of hydrogen-bond acceptors (Lipinski definition) is 6. The minimum absolute atomic E-state index is 0.164. The van der Waals surface area contributed by atoms with Gasteiger partial charge >= 0.3 is 6.09 Å². The molecule has 0 saturated carbocycles. The summed E-state index contributed by atoms with van der Waals surface area (Å²) in [7, 11) is 0. The Morgan fingerprint density at radius 2 is 1.80 bits per heavy atom. The Bertz CT molecular complexity index is 1110. The van der Waals surface area contributed by atoms with Gasteiger partial charge in [-0.1, -0.05) is 18.2 Å². The molecule has 9 heteroatoms. The topological polar surface area (TPSA) is 98.9 Å². The van der Waals surface area contributed by atoms with Gasteiger partial charge in [0.25, 0.3) is 5.91 Å². The third-order valence-electron chi connectivity index (χ3n) is 5.75. The summed E-state index contributed by atoms with van der Waals surface area (Å²) in [6, 6.07) is 18.7. The van der Waals surface area contributed by atoms with Gasteiger partial charge in [-0.3, -0.25) is 15.0 Å². The minimum Gasteiger partial charge on any atom is -0.492 e. The number of carbonyl (C=O) groups excluding carboxylic acids is 2. The van der Waals surface area contributed by atoms with Crippen molar-refractivity contribution in [1.82, 2.24) is 9.88 Å². The molecule has 184 valence electrons. The number of para-hydroxylation sites is 2. The van der Waals surface area contributed by atoms with Crippen molar-refractivity contribution in [3.63, 3.8) is 0 Å². The van der Waals surface area contributed by atoms with Gasteiger partial charge in [0, 0.05) is 50.3 Å². The quantitative estimate of drug-likeness (QED) is 0.430. The number of piperazine rings is 1. The Labute approximate surface area is 205 Å². The highest BCUT2D eigenvalue weighted by molar-refractivity contribution is 6.03. The number of anilines is 3. The lowest BCUT2D eigenvalue weighted by molar-refractivity contribution is 0.102. The number of hydrogen-bond donors (Lipinski definition) is 3. The van der Waals surface area contributed by atoms with Crippen molar-refractivity contribution in [2.24, 2.45) is 0 Å². The molecule has 4 rings (SSSR count). The smallest absolute Gasteiger partial charge is 0.411 e. The lowest BCUT2D eigenvalue weighted by atomic mass is 10.2. The number of aromatic nitrogens is 1. The molecule has 0 unspecified atom stereocenters. The lowest BCUT2D eigenvalue weighted by Crippen LogP contribution is -2.47. The molecule has 2 amide bonds. The van der Waals surface area contributed by atoms with Gasteiger partial charge in [-0.05, 0) is 49.4 Å². The van der Waals surface area contributed by atoms with Gasteiger partial charge in [-0.2, -0.15) is 0 Å². The van der Waals surface area contributed by atoms with Gasteiger partial charge in [0.15, 0.2) is 0 Å². The molecular formula is C26H31N5O4. The molecule has 3 aromatic rings. The molecule has 0 radical (unpaired) electrons. The molecule has 1 aliphatic rings. The van der Waals surface area contributed by atoms with E-state index in [1.54, 1.807) is 24.4 Å². The zero-order valence-electron chi connectivity index (χ0n) is 19.8. The first-order valence-corrected chi connectivity index (χ1v) is 11.8. The molecule has 1 aromatic heterocycles. The molecule has 3 N–H and O–H groups in total. The van der Waals surface area contributed by atoms with Crippen LogP contribution in [0.3, 0.4) is 0 Å². The summed E-state index contributed by atoms with van der Waals surface area (Å²) >= 11 is 0. The fraction of sp³-hybridized carbons (Fsp3) is 0.308. The van der Waals surface area contributed by atoms with Crippen molar-refractivity contribution in [1.29, 1.82) is 0 Å². The van der Waals surface area contributed by atoms with Crippen LogP contribution in [0.5, 0.6) is 5.75 Å². The van der Waals surface area contributed by atoms with E-state index >= 15 is 0 Å². The predicted molar refractivity (Wildman–Crippen MR) is 136 cm³/mol. The number of aromatic amines is 1. The number of nitrogens with zero attached hydrogens (tertiary/aromatic N) is 2. The maximum atomic E-state index is 12.3. The summed E-state index contributed by atoms with van der Waals surface area (Å²) in [5.74, 6) is 0.457. The van der Waals surface area contributed by atoms with Crippen molar-refractivity contribution in [2.45, 2.75) is 6.92 Å². The number of ether oxygens (including phenoxy) is 2. The largest absolute Gasteiger partial charge is 0.492 e. The van der Waals surface area contributed by atoms with E-state index < -0.39 is 6.09 Å². The van der Waals surface area contributed by atoms with Crippen LogP contribution in [0, 0.1) is 0 Å². The Balaban J connectivity index is 1.20. The Morgan fingerprint density at radius 3 is 2.57 bits per heavy atom. The molecule has 1 saturated heterocycles. The van der Waals surface area contributed by atoms with E-state index in [0.29, 0.717) is 36.9 Å². The van der Waals surface area contributed by atoms with E-state index in [1.165, 1.54) is 0 Å². The van der Waals surface area contributed by atoms with E-state index in [4.69, 9.17) is 9.47 Å². The van der Waals surface area contributed by atoms with Crippen LogP contribution in [0.15, 0.2) is 66.9 Å². The predicted octanol–water partition coefficient (Wildman–Crippen LogP) is 4.04. The van der Waals surface area contributed by atoms with Crippen LogP contribution in [-0.2, 0) is 4.74 Å². The molecule has 0 aliphatic carbocycles. The summed E-state index contributed by atoms with van der Waals surface area (Å²) in [4.78, 5) is 32.0. The SMILES string of the molecule is CCOc1ccccc1NC(=O)OCCN1CCN(c2cccc(NC(=O)c3ccc[nH]3)c2)CC1. The monoisotopic (exact) mass is 477 g/mol. The number of H-pyrrole nitrogens is 1. The average Bonchev–Trinajstić information content (AvgIpc) is 3.41. The number of rotatable bonds is 9. The van der Waals surface area contributed by atoms with E-state index in [1.807, 2.05) is 49.4 Å². The van der Waals surface area contributed by atoms with Crippen molar-refractivity contribution in [3.8, 4) is 5.75 Å². The van der Waals surface area contributed by atoms with Crippen molar-refractivity contribution in [3.05, 3.63) is 72.6 Å². The maximum absolute atomic E-state index is 12.3. The fourth-order valence-corrected chi connectivity index (χ4v) is 3.94. The second kappa shape index (κ2) is 11.9. The summed E-state index contributed by atoms with van der Waals surface area (Å²) in [6.45, 7) is 6.81. The number of benzene rings is 2. The zero-order valence-corrected chi connectivity index (χ0v) is 19.8. The van der Waals surface area contributed by atoms with Crippen LogP contribution in [0.25, 0.3) is 0 Å². The molecule has 2 heterocycles. The van der Waals surface area contributed by atoms with Crippen molar-refractivity contribution >= 4 is 29.1 Å². The second-order valence-corrected chi connectivity index (χ2v) is 8.11. The third kappa shape index (κ3) is 6.77. The van der Waals surface area contributed by atoms with Gasteiger partial charge < -0.3 is 24.7 Å². The molecule has 9 nitrogen and oxygen atoms in total. The minimum atomic E-state index is -0.492. The first kappa shape index (κ1) is 24.2. The van der Waals surface area contributed by atoms with E-state index in [0.717, 1.165) is 37.6 Å². The zero-order chi connectivity index (χ0) is 24.5. The highest BCUT2D eigenvalue weighted by atomic mass is 16.5. The highest BCUT2D eigenvalue weighted by Gasteiger charge is 2.18. The highest BCUT2D eigenvalue weighted by Crippen LogP contribution is 2.24. The van der Waals surface area contributed by atoms with Crippen LogP contribution in [0.4, 0.5) is 21.9 Å². The Hall–Kier alpha value is -3.98. The van der Waals surface area contributed by atoms with Crippen LogP contribution in [0.1, 0.15) is 17.4 Å². The summed E-state index contributed by atoms with van der Waals surface area (Å²) in [5.41, 5.74) is 2.95. The normalized spacial score (nSPS) is 13.8. The summed E-state index contributed by atoms with van der Waals surface area (Å²) in [6.07, 6.45) is 1.23. The molecule has 1 aliphatic heterocycles. The van der Waals surface area contributed by atoms with Gasteiger partial charge in [0.1, 0.15) is 18.1 Å². The van der Waals surface area contributed by atoms with Gasteiger partial charge in [-0.15, -0.1) is 0 Å². The maximum Gasteiger partial charge on any atom is 0.411 e. The third-order valence-corrected chi connectivity index (χ3v) is 5.75. The molecular weight excluding hydrogens is 446 g/mol. The lowest BCUT2D eigenvalue weighted by Gasteiger charge is -2.36. The van der Waals surface area contributed by atoms with Crippen LogP contribution < -0.4 is 20.3 Å². The van der Waals surface area contributed by atoms with Crippen LogP contribution in [-0.4, -0.2) is 67.8 Å². The van der Waals surface area contributed by atoms with Gasteiger partial charge in [0.05, 0.1) is 12.3 Å². The number of nitrogens with one attached hydrogen (secondary N) is 3. The molecule has 0 bridgehead atoms. The fourth-order valence-electron chi connectivity index (χ4n) is 3.94. The average molecular weight is 478 g/mol. The Kier molecular flexibility index (Phi) is 8.24. The molecule has 0 atom stereocenters. The van der Waals surface area contributed by atoms with E-state index in [9.17, 15) is 9.59 Å². The summed E-state index contributed by atoms with van der Waals surface area (Å²) < 4.78 is 10.9. The molecule has 35 heavy (non-hydrogen) atoms. The van der Waals surface area contributed by atoms with Gasteiger partial charge in [-0.25, -0.2) is 4.79 Å². The number of amides is 2. The molecule has 2 aromatic carbocycles. The van der Waals surface area contributed by atoms with E-state index in [2.05, 4.69) is 25.4 Å². The van der Waals surface area contributed by atoms with Crippen LogP contribution >= 0.6 is 0 Å². The molecule has 1 fully saturated rings. The first-order chi connectivity index (χ1) is 17.1. The second-order valence-electron chi connectivity index (χ2n) is 8.11. The first-order valence-electron chi connectivity index (χ1n) is 11.8. The Morgan fingerprint density at radius 1 is 0.971 bits per heavy atom. The standard InChI is InChI=1S/C26H31N5O4/c1-2-34-24-11-4-3-9-22(24)29-26(33)35-18-17-30-13-15-31(16-14-30)21-8-5-7-20(19-21)28-25(32)23-10-6-12-27-23/h3-12,19,27H,2,13-18H2,1H3,(H,28,32)(H,29,33). The van der Waals surface area contributed by atoms with E-state index in [-0.39, 0.29) is 5.91 Å². The van der Waals surface area contributed by atoms with Crippen molar-refractivity contribution in [2.75, 3.05) is 61.5 Å². The summed E-state index contributed by atoms with van der Waals surface area (Å²) in [5, 5.41) is 5.67. The number of carbonyl (C=O) groups is 2.